The predicted octanol–water partition coefficient (Wildman–Crippen LogP) is 3.05. The molecule has 3 aromatic rings. The Hall–Kier alpha value is -2.60. The first-order chi connectivity index (χ1) is 13.7. The van der Waals surface area contributed by atoms with Crippen molar-refractivity contribution >= 4 is 16.9 Å². The fourth-order valence-electron chi connectivity index (χ4n) is 4.65. The number of nitrogens with zero attached hydrogens (tertiary/aromatic N) is 3. The Balaban J connectivity index is 1.39. The second kappa shape index (κ2) is 7.09. The third kappa shape index (κ3) is 3.22. The van der Waals surface area contributed by atoms with Crippen molar-refractivity contribution in [1.29, 1.82) is 0 Å². The lowest BCUT2D eigenvalue weighted by Gasteiger charge is -2.33. The molecule has 0 aliphatic carbocycles. The van der Waals surface area contributed by atoms with Crippen molar-refractivity contribution in [3.05, 3.63) is 57.6 Å². The topological polar surface area (TPSA) is 68.0 Å². The number of rotatable bonds is 3. The molecule has 6 heteroatoms. The van der Waals surface area contributed by atoms with E-state index in [9.17, 15) is 4.79 Å². The highest BCUT2D eigenvalue weighted by Crippen LogP contribution is 2.24. The van der Waals surface area contributed by atoms with Gasteiger partial charge in [-0.15, -0.1) is 0 Å². The van der Waals surface area contributed by atoms with Crippen LogP contribution in [0.5, 0.6) is 0 Å². The molecule has 146 valence electrons. The number of H-pyrrole nitrogens is 2. The molecule has 5 rings (SSSR count). The summed E-state index contributed by atoms with van der Waals surface area (Å²) in [5.74, 6) is 1.40. The van der Waals surface area contributed by atoms with Crippen LogP contribution in [0.2, 0.25) is 0 Å². The van der Waals surface area contributed by atoms with E-state index in [0.717, 1.165) is 62.8 Å². The van der Waals surface area contributed by atoms with Gasteiger partial charge in [0.1, 0.15) is 0 Å². The molecule has 0 unspecified atom stereocenters. The van der Waals surface area contributed by atoms with Crippen molar-refractivity contribution in [2.75, 3.05) is 24.5 Å². The molecule has 1 fully saturated rings. The summed E-state index contributed by atoms with van der Waals surface area (Å²) in [4.78, 5) is 28.6. The number of hydrogen-bond donors (Lipinski definition) is 2. The van der Waals surface area contributed by atoms with Crippen molar-refractivity contribution < 1.29 is 0 Å². The highest BCUT2D eigenvalue weighted by Gasteiger charge is 2.24. The van der Waals surface area contributed by atoms with E-state index in [1.165, 1.54) is 22.9 Å². The molecule has 2 aliphatic heterocycles. The third-order valence-electron chi connectivity index (χ3n) is 6.17. The van der Waals surface area contributed by atoms with Crippen molar-refractivity contribution in [1.82, 2.24) is 19.9 Å². The number of hydrogen-bond acceptors (Lipinski definition) is 4. The van der Waals surface area contributed by atoms with E-state index in [1.54, 1.807) is 0 Å². The molecule has 28 heavy (non-hydrogen) atoms. The van der Waals surface area contributed by atoms with Crippen LogP contribution in [-0.2, 0) is 19.5 Å². The average molecular weight is 377 g/mol. The molecule has 2 aliphatic rings. The summed E-state index contributed by atoms with van der Waals surface area (Å²) >= 11 is 0. The van der Waals surface area contributed by atoms with Gasteiger partial charge in [0.15, 0.2) is 0 Å². The minimum absolute atomic E-state index is 0.0463. The molecule has 1 saturated heterocycles. The molecular weight excluding hydrogens is 350 g/mol. The number of benzene rings is 1. The van der Waals surface area contributed by atoms with Crippen LogP contribution in [0.3, 0.4) is 0 Å². The highest BCUT2D eigenvalue weighted by atomic mass is 16.1. The number of piperidine rings is 1. The van der Waals surface area contributed by atoms with Crippen LogP contribution in [0.4, 0.5) is 5.95 Å². The molecular formula is C22H27N5O. The van der Waals surface area contributed by atoms with Gasteiger partial charge < -0.3 is 9.88 Å². The van der Waals surface area contributed by atoms with E-state index in [4.69, 9.17) is 4.98 Å². The number of para-hydroxylation sites is 1. The van der Waals surface area contributed by atoms with Crippen molar-refractivity contribution in [3.63, 3.8) is 0 Å². The summed E-state index contributed by atoms with van der Waals surface area (Å²) in [6.45, 7) is 6.71. The van der Waals surface area contributed by atoms with Crippen molar-refractivity contribution in [3.8, 4) is 0 Å². The average Bonchev–Trinajstić information content (AvgIpc) is 3.11. The lowest BCUT2D eigenvalue weighted by molar-refractivity contribution is 0.241. The van der Waals surface area contributed by atoms with Crippen LogP contribution in [0, 0.1) is 5.92 Å². The van der Waals surface area contributed by atoms with Gasteiger partial charge in [-0.25, -0.2) is 4.98 Å². The van der Waals surface area contributed by atoms with E-state index in [1.807, 2.05) is 0 Å². The zero-order valence-electron chi connectivity index (χ0n) is 16.4. The Morgan fingerprint density at radius 3 is 3.04 bits per heavy atom. The summed E-state index contributed by atoms with van der Waals surface area (Å²) in [7, 11) is 0. The number of aromatic amines is 2. The molecule has 0 radical (unpaired) electrons. The highest BCUT2D eigenvalue weighted by molar-refractivity contribution is 5.82. The van der Waals surface area contributed by atoms with Gasteiger partial charge in [0.25, 0.3) is 5.56 Å². The second-order valence-corrected chi connectivity index (χ2v) is 8.33. The molecule has 1 atom stereocenters. The number of aromatic nitrogens is 3. The molecule has 6 nitrogen and oxygen atoms in total. The van der Waals surface area contributed by atoms with E-state index in [2.05, 4.69) is 57.2 Å². The molecule has 0 amide bonds. The van der Waals surface area contributed by atoms with Gasteiger partial charge >= 0.3 is 0 Å². The van der Waals surface area contributed by atoms with Crippen molar-refractivity contribution in [2.45, 2.75) is 39.3 Å². The Morgan fingerprint density at radius 1 is 1.25 bits per heavy atom. The standard InChI is InChI=1S/C22H27N5O/c1-15-5-4-9-27(12-15)22-24-20-14-26(10-8-18(20)21(28)25-22)13-16-11-23-19-7-3-2-6-17(16)19/h2-3,6-7,11,15,23H,4-5,8-10,12-14H2,1H3,(H,24,25,28)/t15-/m1/s1. The van der Waals surface area contributed by atoms with Crippen LogP contribution in [-0.4, -0.2) is 39.5 Å². The quantitative estimate of drug-likeness (QED) is 0.736. The molecule has 2 aromatic heterocycles. The fraction of sp³-hybridized carbons (Fsp3) is 0.455. The summed E-state index contributed by atoms with van der Waals surface area (Å²) in [6.07, 6.45) is 5.28. The number of anilines is 1. The van der Waals surface area contributed by atoms with Crippen LogP contribution in [0.25, 0.3) is 10.9 Å². The Kier molecular flexibility index (Phi) is 4.43. The molecule has 0 spiro atoms. The van der Waals surface area contributed by atoms with Gasteiger partial charge in [-0.05, 0) is 36.8 Å². The van der Waals surface area contributed by atoms with Gasteiger partial charge in [-0.1, -0.05) is 25.1 Å². The van der Waals surface area contributed by atoms with Gasteiger partial charge in [-0.3, -0.25) is 14.7 Å². The minimum Gasteiger partial charge on any atom is -0.361 e. The first-order valence-electron chi connectivity index (χ1n) is 10.3. The Morgan fingerprint density at radius 2 is 2.14 bits per heavy atom. The van der Waals surface area contributed by atoms with E-state index in [-0.39, 0.29) is 5.56 Å². The first-order valence-corrected chi connectivity index (χ1v) is 10.3. The van der Waals surface area contributed by atoms with Gasteiger partial charge in [0, 0.05) is 55.4 Å². The Labute approximate surface area is 164 Å². The first kappa shape index (κ1) is 17.5. The van der Waals surface area contributed by atoms with Crippen molar-refractivity contribution in [2.24, 2.45) is 5.92 Å². The monoisotopic (exact) mass is 377 g/mol. The lowest BCUT2D eigenvalue weighted by Crippen LogP contribution is -2.39. The SMILES string of the molecule is C[C@@H]1CCCN(c2nc3c(c(=O)[nH]2)CCN(Cc2c[nH]c4ccccc24)C3)C1. The third-order valence-corrected chi connectivity index (χ3v) is 6.17. The normalized spacial score (nSPS) is 20.5. The number of fused-ring (bicyclic) bond motifs is 2. The molecule has 0 saturated carbocycles. The van der Waals surface area contributed by atoms with Crippen LogP contribution < -0.4 is 10.5 Å². The maximum absolute atomic E-state index is 12.7. The number of nitrogens with one attached hydrogen (secondary N) is 2. The molecule has 4 heterocycles. The maximum Gasteiger partial charge on any atom is 0.255 e. The molecule has 0 bridgehead atoms. The summed E-state index contributed by atoms with van der Waals surface area (Å²) in [5.41, 5.74) is 4.33. The minimum atomic E-state index is 0.0463. The van der Waals surface area contributed by atoms with Crippen LogP contribution >= 0.6 is 0 Å². The largest absolute Gasteiger partial charge is 0.361 e. The van der Waals surface area contributed by atoms with Gasteiger partial charge in [-0.2, -0.15) is 0 Å². The van der Waals surface area contributed by atoms with Crippen LogP contribution in [0.15, 0.2) is 35.3 Å². The molecule has 2 N–H and O–H groups in total. The fourth-order valence-corrected chi connectivity index (χ4v) is 4.65. The van der Waals surface area contributed by atoms with E-state index >= 15 is 0 Å². The summed E-state index contributed by atoms with van der Waals surface area (Å²) < 4.78 is 0. The zero-order valence-corrected chi connectivity index (χ0v) is 16.4. The van der Waals surface area contributed by atoms with E-state index in [0.29, 0.717) is 5.92 Å². The second-order valence-electron chi connectivity index (χ2n) is 8.33. The lowest BCUT2D eigenvalue weighted by atomic mass is 10.0. The smallest absolute Gasteiger partial charge is 0.255 e. The zero-order chi connectivity index (χ0) is 19.1. The predicted molar refractivity (Wildman–Crippen MR) is 112 cm³/mol. The van der Waals surface area contributed by atoms with Gasteiger partial charge in [0.2, 0.25) is 5.95 Å². The van der Waals surface area contributed by atoms with E-state index < -0.39 is 0 Å². The Bertz CT molecular complexity index is 1050. The molecule has 1 aromatic carbocycles. The summed E-state index contributed by atoms with van der Waals surface area (Å²) in [5, 5.41) is 1.27. The summed E-state index contributed by atoms with van der Waals surface area (Å²) in [6, 6.07) is 8.41. The van der Waals surface area contributed by atoms with Gasteiger partial charge in [0.05, 0.1) is 5.69 Å². The maximum atomic E-state index is 12.7. The van der Waals surface area contributed by atoms with Crippen LogP contribution in [0.1, 0.15) is 36.6 Å².